The summed E-state index contributed by atoms with van der Waals surface area (Å²) in [6, 6.07) is 6.11. The zero-order valence-electron chi connectivity index (χ0n) is 18.9. The quantitative estimate of drug-likeness (QED) is 0.460. The number of carbonyl (C=O) groups is 1. The van der Waals surface area contributed by atoms with Gasteiger partial charge < -0.3 is 30.0 Å². The fourth-order valence-corrected chi connectivity index (χ4v) is 3.34. The molecule has 0 bridgehead atoms. The van der Waals surface area contributed by atoms with Crippen molar-refractivity contribution in [1.82, 2.24) is 15.5 Å². The number of alkyl halides is 2. The van der Waals surface area contributed by atoms with Gasteiger partial charge in [-0.25, -0.2) is 0 Å². The fraction of sp³-hybridized carbons (Fsp3) is 0.455. The van der Waals surface area contributed by atoms with Gasteiger partial charge in [0.15, 0.2) is 5.82 Å². The minimum absolute atomic E-state index is 0.0145. The van der Waals surface area contributed by atoms with Crippen LogP contribution in [-0.4, -0.2) is 61.2 Å². The summed E-state index contributed by atoms with van der Waals surface area (Å²) < 4.78 is 38.7. The smallest absolute Gasteiger partial charge is 0.387 e. The molecule has 3 rings (SSSR count). The molecule has 2 aromatic rings. The van der Waals surface area contributed by atoms with Crippen LogP contribution in [0.25, 0.3) is 11.3 Å². The SMILES string of the molecule is CCOC=O.COCc1cc(OC(F)F)cc(O)c1-c1cc(C#N)c(NC2CCCNC2)nn1. The minimum atomic E-state index is -3.03. The van der Waals surface area contributed by atoms with Crippen LogP contribution in [0.1, 0.15) is 30.9 Å². The van der Waals surface area contributed by atoms with Crippen molar-refractivity contribution in [3.8, 4) is 28.8 Å². The van der Waals surface area contributed by atoms with Gasteiger partial charge in [-0.2, -0.15) is 14.0 Å². The molecule has 1 aromatic carbocycles. The van der Waals surface area contributed by atoms with Crippen LogP contribution in [0.15, 0.2) is 18.2 Å². The summed E-state index contributed by atoms with van der Waals surface area (Å²) in [7, 11) is 1.43. The monoisotopic (exact) mass is 479 g/mol. The first kappa shape index (κ1) is 26.7. The number of nitriles is 1. The first-order valence-corrected chi connectivity index (χ1v) is 10.5. The highest BCUT2D eigenvalue weighted by Gasteiger charge is 2.20. The molecule has 1 aliphatic heterocycles. The van der Waals surface area contributed by atoms with Crippen molar-refractivity contribution in [2.75, 3.05) is 32.1 Å². The van der Waals surface area contributed by atoms with Gasteiger partial charge in [0.1, 0.15) is 17.6 Å². The molecule has 2 heterocycles. The summed E-state index contributed by atoms with van der Waals surface area (Å²) in [6.45, 7) is 1.37. The second kappa shape index (κ2) is 13.9. The largest absolute Gasteiger partial charge is 0.507 e. The average Bonchev–Trinajstić information content (AvgIpc) is 2.81. The van der Waals surface area contributed by atoms with Gasteiger partial charge in [-0.05, 0) is 44.0 Å². The van der Waals surface area contributed by atoms with Gasteiger partial charge in [0, 0.05) is 31.3 Å². The standard InChI is InChI=1S/C19H21F2N5O3.C3H6O2/c1-28-10-12-5-14(29-19(20)21)7-16(27)17(12)15-6-11(8-22)18(26-25-15)24-13-3-2-4-23-9-13;1-2-5-3-4/h5-7,13,19,23,27H,2-4,9-10H2,1H3,(H,24,26);3H,2H2,1H3. The van der Waals surface area contributed by atoms with Crippen LogP contribution in [0.5, 0.6) is 11.5 Å². The number of anilines is 1. The summed E-state index contributed by atoms with van der Waals surface area (Å²) in [5, 5.41) is 34.7. The number of hydrogen-bond donors (Lipinski definition) is 3. The maximum absolute atomic E-state index is 12.5. The Morgan fingerprint density at radius 1 is 1.38 bits per heavy atom. The van der Waals surface area contributed by atoms with Gasteiger partial charge in [-0.1, -0.05) is 0 Å². The second-order valence-corrected chi connectivity index (χ2v) is 7.13. The number of nitrogens with one attached hydrogen (secondary N) is 2. The molecule has 1 fully saturated rings. The molecule has 0 aliphatic carbocycles. The van der Waals surface area contributed by atoms with Crippen LogP contribution in [-0.2, 0) is 20.9 Å². The number of methoxy groups -OCH3 is 1. The van der Waals surface area contributed by atoms with Crippen LogP contribution in [0.2, 0.25) is 0 Å². The highest BCUT2D eigenvalue weighted by Crippen LogP contribution is 2.37. The zero-order valence-corrected chi connectivity index (χ0v) is 18.9. The van der Waals surface area contributed by atoms with E-state index in [4.69, 9.17) is 4.74 Å². The Labute approximate surface area is 195 Å². The van der Waals surface area contributed by atoms with Crippen molar-refractivity contribution >= 4 is 12.3 Å². The molecule has 3 N–H and O–H groups in total. The number of piperidine rings is 1. The lowest BCUT2D eigenvalue weighted by Crippen LogP contribution is -2.38. The Bertz CT molecular complexity index is 981. The highest BCUT2D eigenvalue weighted by molar-refractivity contribution is 5.74. The topological polar surface area (TPSA) is 139 Å². The van der Waals surface area contributed by atoms with Crippen molar-refractivity contribution in [3.05, 3.63) is 29.3 Å². The number of phenolic OH excluding ortho intramolecular Hbond substituents is 1. The summed E-state index contributed by atoms with van der Waals surface area (Å²) in [6.07, 6.45) is 1.97. The van der Waals surface area contributed by atoms with Crippen LogP contribution >= 0.6 is 0 Å². The van der Waals surface area contributed by atoms with Crippen LogP contribution in [0.4, 0.5) is 14.6 Å². The van der Waals surface area contributed by atoms with E-state index >= 15 is 0 Å². The molecule has 0 radical (unpaired) electrons. The number of carbonyl (C=O) groups excluding carboxylic acids is 1. The molecule has 10 nitrogen and oxygen atoms in total. The summed E-state index contributed by atoms with van der Waals surface area (Å²) in [5.41, 5.74) is 1.10. The first-order chi connectivity index (χ1) is 16.4. The van der Waals surface area contributed by atoms with E-state index in [1.54, 1.807) is 6.92 Å². The number of halogens is 2. The van der Waals surface area contributed by atoms with E-state index in [1.165, 1.54) is 19.2 Å². The van der Waals surface area contributed by atoms with E-state index < -0.39 is 6.61 Å². The van der Waals surface area contributed by atoms with E-state index in [-0.39, 0.29) is 41.0 Å². The molecule has 0 spiro atoms. The van der Waals surface area contributed by atoms with Crippen molar-refractivity contribution in [3.63, 3.8) is 0 Å². The molecule has 34 heavy (non-hydrogen) atoms. The number of aromatic hydroxyl groups is 1. The first-order valence-electron chi connectivity index (χ1n) is 10.5. The molecule has 1 atom stereocenters. The number of phenols is 1. The van der Waals surface area contributed by atoms with Gasteiger partial charge in [0.05, 0.1) is 24.5 Å². The summed E-state index contributed by atoms with van der Waals surface area (Å²) in [5.74, 6) is -0.175. The van der Waals surface area contributed by atoms with E-state index in [2.05, 4.69) is 36.4 Å². The molecule has 0 amide bonds. The van der Waals surface area contributed by atoms with Crippen LogP contribution < -0.4 is 15.4 Å². The number of ether oxygens (including phenoxy) is 3. The lowest BCUT2D eigenvalue weighted by molar-refractivity contribution is -0.128. The molecule has 1 saturated heterocycles. The van der Waals surface area contributed by atoms with Crippen LogP contribution in [0.3, 0.4) is 0 Å². The van der Waals surface area contributed by atoms with Crippen molar-refractivity contribution in [2.45, 2.75) is 39.0 Å². The fourth-order valence-electron chi connectivity index (χ4n) is 3.34. The number of aromatic nitrogens is 2. The van der Waals surface area contributed by atoms with E-state index in [0.717, 1.165) is 32.0 Å². The number of nitrogens with zero attached hydrogens (tertiary/aromatic N) is 3. The van der Waals surface area contributed by atoms with Crippen molar-refractivity contribution in [2.24, 2.45) is 0 Å². The molecule has 0 saturated carbocycles. The molecule has 1 aromatic heterocycles. The van der Waals surface area contributed by atoms with Gasteiger partial charge in [-0.3, -0.25) is 4.79 Å². The Hall–Kier alpha value is -3.56. The van der Waals surface area contributed by atoms with Gasteiger partial charge in [0.25, 0.3) is 6.47 Å². The molecular weight excluding hydrogens is 452 g/mol. The maximum atomic E-state index is 12.5. The van der Waals surface area contributed by atoms with Gasteiger partial charge in [-0.15, -0.1) is 10.2 Å². The Morgan fingerprint density at radius 3 is 2.74 bits per heavy atom. The van der Waals surface area contributed by atoms with Crippen molar-refractivity contribution in [1.29, 1.82) is 5.26 Å². The highest BCUT2D eigenvalue weighted by atomic mass is 19.3. The third-order valence-electron chi connectivity index (χ3n) is 4.74. The van der Waals surface area contributed by atoms with E-state index in [9.17, 15) is 23.9 Å². The average molecular weight is 479 g/mol. The molecule has 12 heteroatoms. The molecule has 1 aliphatic rings. The van der Waals surface area contributed by atoms with Crippen molar-refractivity contribution < 1.29 is 32.9 Å². The van der Waals surface area contributed by atoms with Crippen LogP contribution in [0, 0.1) is 11.3 Å². The van der Waals surface area contributed by atoms with E-state index in [1.807, 2.05) is 0 Å². The predicted octanol–water partition coefficient (Wildman–Crippen LogP) is 2.81. The number of rotatable bonds is 9. The predicted molar refractivity (Wildman–Crippen MR) is 118 cm³/mol. The second-order valence-electron chi connectivity index (χ2n) is 7.13. The Kier molecular flexibility index (Phi) is 10.9. The minimum Gasteiger partial charge on any atom is -0.507 e. The third kappa shape index (κ3) is 7.79. The Balaban J connectivity index is 0.000000739. The number of benzene rings is 1. The molecule has 184 valence electrons. The maximum Gasteiger partial charge on any atom is 0.387 e. The Morgan fingerprint density at radius 2 is 2.18 bits per heavy atom. The normalized spacial score (nSPS) is 15.0. The number of hydrogen-bond acceptors (Lipinski definition) is 10. The molecular formula is C22H27F2N5O5. The summed E-state index contributed by atoms with van der Waals surface area (Å²) >= 11 is 0. The van der Waals surface area contributed by atoms with E-state index in [0.29, 0.717) is 24.5 Å². The lowest BCUT2D eigenvalue weighted by atomic mass is 10.0. The zero-order chi connectivity index (χ0) is 24.9. The lowest BCUT2D eigenvalue weighted by Gasteiger charge is -2.24. The van der Waals surface area contributed by atoms with Gasteiger partial charge in [0.2, 0.25) is 0 Å². The molecule has 1 unspecified atom stereocenters. The third-order valence-corrected chi connectivity index (χ3v) is 4.74. The summed E-state index contributed by atoms with van der Waals surface area (Å²) in [4.78, 5) is 9.18. The van der Waals surface area contributed by atoms with Gasteiger partial charge >= 0.3 is 6.61 Å².